The van der Waals surface area contributed by atoms with Gasteiger partial charge in [-0.2, -0.15) is 0 Å². The number of benzene rings is 1. The van der Waals surface area contributed by atoms with Gasteiger partial charge in [-0.25, -0.2) is 0 Å². The Hall–Kier alpha value is -1.71. The van der Waals surface area contributed by atoms with Crippen molar-refractivity contribution >= 4 is 17.3 Å². The van der Waals surface area contributed by atoms with Crippen LogP contribution in [-0.2, 0) is 4.79 Å². The number of unbranched alkanes of at least 4 members (excludes halogenated alkanes) is 2. The molecule has 0 spiro atoms. The van der Waals surface area contributed by atoms with E-state index in [1.54, 1.807) is 7.11 Å². The fourth-order valence-electron chi connectivity index (χ4n) is 2.65. The van der Waals surface area contributed by atoms with Gasteiger partial charge in [0.25, 0.3) is 0 Å². The molecule has 0 fully saturated rings. The Balaban J connectivity index is 2.98. The van der Waals surface area contributed by atoms with Crippen molar-refractivity contribution in [1.29, 1.82) is 0 Å². The van der Waals surface area contributed by atoms with Crippen molar-refractivity contribution in [3.8, 4) is 5.75 Å². The van der Waals surface area contributed by atoms with E-state index in [2.05, 4.69) is 37.9 Å². The minimum atomic E-state index is 0.0646. The number of methoxy groups -OCH3 is 1. The third-order valence-corrected chi connectivity index (χ3v) is 3.96. The third kappa shape index (κ3) is 6.81. The second-order valence-electron chi connectivity index (χ2n) is 6.73. The lowest BCUT2D eigenvalue weighted by molar-refractivity contribution is -0.116. The van der Waals surface area contributed by atoms with Crippen LogP contribution in [0.25, 0.3) is 0 Å². The summed E-state index contributed by atoms with van der Waals surface area (Å²) in [6, 6.07) is 5.91. The van der Waals surface area contributed by atoms with Crippen molar-refractivity contribution < 1.29 is 9.53 Å². The topological polar surface area (TPSA) is 41.6 Å². The first-order valence-corrected chi connectivity index (χ1v) is 9.24. The van der Waals surface area contributed by atoms with Gasteiger partial charge >= 0.3 is 0 Å². The van der Waals surface area contributed by atoms with Crippen molar-refractivity contribution in [3.05, 3.63) is 18.2 Å². The number of hydrogen-bond donors (Lipinski definition) is 1. The van der Waals surface area contributed by atoms with Gasteiger partial charge in [0.2, 0.25) is 5.91 Å². The number of ether oxygens (including phenoxy) is 1. The van der Waals surface area contributed by atoms with Gasteiger partial charge in [0.05, 0.1) is 12.8 Å². The number of carbonyl (C=O) groups excluding carboxylic acids is 1. The van der Waals surface area contributed by atoms with Crippen LogP contribution in [0.4, 0.5) is 11.4 Å². The summed E-state index contributed by atoms with van der Waals surface area (Å²) in [5.74, 6) is 1.28. The first kappa shape index (κ1) is 20.3. The number of carbonyl (C=O) groups is 1. The number of nitrogens with one attached hydrogen (secondary N) is 1. The second kappa shape index (κ2) is 11.0. The Kier molecular flexibility index (Phi) is 9.28. The molecule has 0 saturated carbocycles. The molecule has 0 radical (unpaired) electrons. The number of amides is 1. The highest BCUT2D eigenvalue weighted by Gasteiger charge is 2.14. The van der Waals surface area contributed by atoms with Gasteiger partial charge in [0.1, 0.15) is 5.75 Å². The Labute approximate surface area is 147 Å². The summed E-state index contributed by atoms with van der Waals surface area (Å²) in [6.07, 6.45) is 5.16. The fraction of sp³-hybridized carbons (Fsp3) is 0.650. The van der Waals surface area contributed by atoms with E-state index in [0.29, 0.717) is 12.3 Å². The summed E-state index contributed by atoms with van der Waals surface area (Å²) < 4.78 is 5.56. The summed E-state index contributed by atoms with van der Waals surface area (Å²) in [7, 11) is 1.70. The van der Waals surface area contributed by atoms with E-state index in [0.717, 1.165) is 55.9 Å². The molecule has 0 aliphatic carbocycles. The van der Waals surface area contributed by atoms with Crippen LogP contribution in [0.2, 0.25) is 0 Å². The Morgan fingerprint density at radius 1 is 1.17 bits per heavy atom. The molecule has 4 heteroatoms. The SMILES string of the molecule is CCCCN(CCCC)c1cc(NC(=O)CC(C)C)ccc1OC. The highest BCUT2D eigenvalue weighted by molar-refractivity contribution is 5.91. The minimum Gasteiger partial charge on any atom is -0.495 e. The Morgan fingerprint density at radius 3 is 2.29 bits per heavy atom. The molecule has 0 unspecified atom stereocenters. The van der Waals surface area contributed by atoms with Crippen molar-refractivity contribution in [2.75, 3.05) is 30.4 Å². The maximum Gasteiger partial charge on any atom is 0.224 e. The van der Waals surface area contributed by atoms with Crippen molar-refractivity contribution in [2.45, 2.75) is 59.8 Å². The van der Waals surface area contributed by atoms with E-state index in [9.17, 15) is 4.79 Å². The van der Waals surface area contributed by atoms with Gasteiger partial charge in [-0.1, -0.05) is 40.5 Å². The van der Waals surface area contributed by atoms with E-state index in [1.165, 1.54) is 0 Å². The zero-order valence-corrected chi connectivity index (χ0v) is 16.0. The van der Waals surface area contributed by atoms with Crippen LogP contribution in [0.15, 0.2) is 18.2 Å². The largest absolute Gasteiger partial charge is 0.495 e. The summed E-state index contributed by atoms with van der Waals surface area (Å²) in [6.45, 7) is 10.5. The quantitative estimate of drug-likeness (QED) is 0.613. The number of hydrogen-bond acceptors (Lipinski definition) is 3. The van der Waals surface area contributed by atoms with Crippen LogP contribution in [-0.4, -0.2) is 26.1 Å². The molecule has 0 atom stereocenters. The van der Waals surface area contributed by atoms with Crippen LogP contribution in [0.1, 0.15) is 59.8 Å². The minimum absolute atomic E-state index is 0.0646. The van der Waals surface area contributed by atoms with Crippen LogP contribution in [0.3, 0.4) is 0 Å². The smallest absolute Gasteiger partial charge is 0.224 e. The average Bonchev–Trinajstić information content (AvgIpc) is 2.54. The van der Waals surface area contributed by atoms with Crippen LogP contribution < -0.4 is 15.0 Å². The predicted molar refractivity (Wildman–Crippen MR) is 103 cm³/mol. The summed E-state index contributed by atoms with van der Waals surface area (Å²) in [5, 5.41) is 3.01. The molecule has 1 amide bonds. The zero-order chi connectivity index (χ0) is 17.9. The van der Waals surface area contributed by atoms with Gasteiger partial charge in [0.15, 0.2) is 0 Å². The van der Waals surface area contributed by atoms with E-state index >= 15 is 0 Å². The molecular formula is C20H34N2O2. The molecule has 1 rings (SSSR count). The summed E-state index contributed by atoms with van der Waals surface area (Å²) in [4.78, 5) is 14.4. The van der Waals surface area contributed by atoms with E-state index in [4.69, 9.17) is 4.74 Å². The lowest BCUT2D eigenvalue weighted by Gasteiger charge is -2.27. The summed E-state index contributed by atoms with van der Waals surface area (Å²) >= 11 is 0. The van der Waals surface area contributed by atoms with Crippen LogP contribution in [0, 0.1) is 5.92 Å². The van der Waals surface area contributed by atoms with Crippen molar-refractivity contribution in [1.82, 2.24) is 0 Å². The number of nitrogens with zero attached hydrogens (tertiary/aromatic N) is 1. The van der Waals surface area contributed by atoms with E-state index < -0.39 is 0 Å². The number of anilines is 2. The fourth-order valence-corrected chi connectivity index (χ4v) is 2.65. The van der Waals surface area contributed by atoms with Gasteiger partial charge in [0, 0.05) is 25.2 Å². The lowest BCUT2D eigenvalue weighted by atomic mass is 10.1. The molecule has 0 aliphatic heterocycles. The van der Waals surface area contributed by atoms with Crippen molar-refractivity contribution in [3.63, 3.8) is 0 Å². The molecule has 136 valence electrons. The normalized spacial score (nSPS) is 10.8. The molecule has 0 saturated heterocycles. The maximum atomic E-state index is 12.0. The van der Waals surface area contributed by atoms with Crippen LogP contribution in [0.5, 0.6) is 5.75 Å². The molecule has 0 heterocycles. The Morgan fingerprint density at radius 2 is 1.79 bits per heavy atom. The lowest BCUT2D eigenvalue weighted by Crippen LogP contribution is -2.26. The van der Waals surface area contributed by atoms with Gasteiger partial charge in [-0.3, -0.25) is 4.79 Å². The molecule has 1 aromatic rings. The molecule has 1 aromatic carbocycles. The maximum absolute atomic E-state index is 12.0. The summed E-state index contributed by atoms with van der Waals surface area (Å²) in [5.41, 5.74) is 1.91. The first-order valence-electron chi connectivity index (χ1n) is 9.24. The number of rotatable bonds is 11. The van der Waals surface area contributed by atoms with Gasteiger partial charge in [-0.05, 0) is 37.0 Å². The molecule has 0 aromatic heterocycles. The predicted octanol–water partition coefficient (Wildman–Crippen LogP) is 5.09. The molecule has 0 aliphatic rings. The van der Waals surface area contributed by atoms with Gasteiger partial charge in [-0.15, -0.1) is 0 Å². The third-order valence-electron chi connectivity index (χ3n) is 3.96. The monoisotopic (exact) mass is 334 g/mol. The first-order chi connectivity index (χ1) is 11.5. The van der Waals surface area contributed by atoms with E-state index in [1.807, 2.05) is 18.2 Å². The van der Waals surface area contributed by atoms with Crippen molar-refractivity contribution in [2.24, 2.45) is 5.92 Å². The molecule has 0 bridgehead atoms. The highest BCUT2D eigenvalue weighted by Crippen LogP contribution is 2.32. The molecule has 1 N–H and O–H groups in total. The average molecular weight is 335 g/mol. The Bertz CT molecular complexity index is 492. The molecule has 4 nitrogen and oxygen atoms in total. The van der Waals surface area contributed by atoms with Crippen LogP contribution >= 0.6 is 0 Å². The zero-order valence-electron chi connectivity index (χ0n) is 16.0. The second-order valence-corrected chi connectivity index (χ2v) is 6.73. The van der Waals surface area contributed by atoms with E-state index in [-0.39, 0.29) is 5.91 Å². The molecular weight excluding hydrogens is 300 g/mol. The molecule has 24 heavy (non-hydrogen) atoms. The van der Waals surface area contributed by atoms with Gasteiger partial charge < -0.3 is 15.0 Å². The standard InChI is InChI=1S/C20H34N2O2/c1-6-8-12-22(13-9-7-2)18-15-17(10-11-19(18)24-5)21-20(23)14-16(3)4/h10-11,15-16H,6-9,12-14H2,1-5H3,(H,21,23). The highest BCUT2D eigenvalue weighted by atomic mass is 16.5.